The number of halogens is 1. The van der Waals surface area contributed by atoms with Crippen molar-refractivity contribution in [1.29, 1.82) is 0 Å². The molecule has 0 aliphatic carbocycles. The van der Waals surface area contributed by atoms with Gasteiger partial charge >= 0.3 is 5.69 Å². The van der Waals surface area contributed by atoms with Crippen LogP contribution in [-0.2, 0) is 7.05 Å². The second-order valence-corrected chi connectivity index (χ2v) is 5.42. The summed E-state index contributed by atoms with van der Waals surface area (Å²) in [6.07, 6.45) is 2.21. The molecule has 0 saturated carbocycles. The van der Waals surface area contributed by atoms with Gasteiger partial charge in [0, 0.05) is 26.2 Å². The highest BCUT2D eigenvalue weighted by Gasteiger charge is 2.23. The molecule has 0 amide bonds. The summed E-state index contributed by atoms with van der Waals surface area (Å²) >= 11 is 6.00. The monoisotopic (exact) mass is 296 g/mol. The van der Waals surface area contributed by atoms with Crippen molar-refractivity contribution in [2.24, 2.45) is 7.05 Å². The van der Waals surface area contributed by atoms with Gasteiger partial charge in [-0.1, -0.05) is 0 Å². The van der Waals surface area contributed by atoms with Crippen molar-refractivity contribution in [2.45, 2.75) is 18.9 Å². The molecule has 1 fully saturated rings. The third kappa shape index (κ3) is 2.16. The second-order valence-electron chi connectivity index (χ2n) is 5.08. The average molecular weight is 297 g/mol. The highest BCUT2D eigenvalue weighted by molar-refractivity contribution is 6.28. The van der Waals surface area contributed by atoms with Crippen LogP contribution in [0.4, 0.5) is 5.82 Å². The molecule has 0 aromatic carbocycles. The number of nitrogens with zero attached hydrogens (tertiary/aromatic N) is 4. The Balaban J connectivity index is 2.10. The average Bonchev–Trinajstić information content (AvgIpc) is 2.74. The number of aromatic amines is 1. The van der Waals surface area contributed by atoms with E-state index in [0.717, 1.165) is 25.9 Å². The zero-order chi connectivity index (χ0) is 14.3. The van der Waals surface area contributed by atoms with E-state index in [1.165, 1.54) is 4.57 Å². The molecule has 3 rings (SSSR count). The Kier molecular flexibility index (Phi) is 3.39. The maximum atomic E-state index is 11.8. The van der Waals surface area contributed by atoms with E-state index in [1.54, 1.807) is 7.05 Å². The molecule has 2 aromatic heterocycles. The normalized spacial score (nSPS) is 19.8. The van der Waals surface area contributed by atoms with E-state index in [2.05, 4.69) is 25.2 Å². The smallest absolute Gasteiger partial charge is 0.327 e. The molecule has 1 atom stereocenters. The van der Waals surface area contributed by atoms with Crippen molar-refractivity contribution >= 4 is 28.6 Å². The number of piperidine rings is 1. The predicted molar refractivity (Wildman–Crippen MR) is 78.4 cm³/mol. The molecule has 8 heteroatoms. The Morgan fingerprint density at radius 2 is 2.25 bits per heavy atom. The lowest BCUT2D eigenvalue weighted by atomic mass is 10.1. The van der Waals surface area contributed by atoms with Crippen molar-refractivity contribution in [3.05, 3.63) is 15.8 Å². The molecule has 1 unspecified atom stereocenters. The summed E-state index contributed by atoms with van der Waals surface area (Å²) < 4.78 is 1.45. The first-order valence-electron chi connectivity index (χ1n) is 6.64. The summed E-state index contributed by atoms with van der Waals surface area (Å²) in [5.41, 5.74) is 0.982. The van der Waals surface area contributed by atoms with Crippen LogP contribution in [0.15, 0.2) is 4.79 Å². The highest BCUT2D eigenvalue weighted by atomic mass is 35.5. The van der Waals surface area contributed by atoms with Gasteiger partial charge in [0.25, 0.3) is 0 Å². The molecule has 20 heavy (non-hydrogen) atoms. The number of imidazole rings is 1. The Morgan fingerprint density at radius 1 is 1.45 bits per heavy atom. The van der Waals surface area contributed by atoms with Gasteiger partial charge in [-0.3, -0.25) is 4.57 Å². The molecular formula is C12H17ClN6O. The fraction of sp³-hybridized carbons (Fsp3) is 0.583. The number of hydrogen-bond donors (Lipinski definition) is 2. The maximum Gasteiger partial charge on any atom is 0.327 e. The Morgan fingerprint density at radius 3 is 3.00 bits per heavy atom. The summed E-state index contributed by atoms with van der Waals surface area (Å²) in [4.78, 5) is 25.2. The largest absolute Gasteiger partial charge is 0.353 e. The van der Waals surface area contributed by atoms with Crippen LogP contribution in [0, 0.1) is 0 Å². The first-order chi connectivity index (χ1) is 9.60. The first-order valence-corrected chi connectivity index (χ1v) is 7.02. The van der Waals surface area contributed by atoms with E-state index in [0.29, 0.717) is 23.0 Å². The lowest BCUT2D eigenvalue weighted by Crippen LogP contribution is -2.44. The number of H-pyrrole nitrogens is 1. The van der Waals surface area contributed by atoms with Crippen LogP contribution in [0.1, 0.15) is 12.8 Å². The van der Waals surface area contributed by atoms with E-state index in [1.807, 2.05) is 7.05 Å². The summed E-state index contributed by atoms with van der Waals surface area (Å²) in [7, 11) is 3.63. The molecule has 1 aliphatic heterocycles. The van der Waals surface area contributed by atoms with E-state index < -0.39 is 0 Å². The molecule has 0 bridgehead atoms. The van der Waals surface area contributed by atoms with Crippen molar-refractivity contribution in [3.63, 3.8) is 0 Å². The number of aromatic nitrogens is 4. The lowest BCUT2D eigenvalue weighted by molar-refractivity contribution is 0.448. The Labute approximate surface area is 121 Å². The minimum absolute atomic E-state index is 0.161. The first kappa shape index (κ1) is 13.4. The van der Waals surface area contributed by atoms with Crippen molar-refractivity contribution in [1.82, 2.24) is 24.8 Å². The topological polar surface area (TPSA) is 78.8 Å². The van der Waals surface area contributed by atoms with Gasteiger partial charge in [-0.2, -0.15) is 9.97 Å². The van der Waals surface area contributed by atoms with Gasteiger partial charge in [0.2, 0.25) is 5.28 Å². The van der Waals surface area contributed by atoms with Crippen LogP contribution >= 0.6 is 11.6 Å². The van der Waals surface area contributed by atoms with Crippen LogP contribution in [0.5, 0.6) is 0 Å². The van der Waals surface area contributed by atoms with Gasteiger partial charge in [0.1, 0.15) is 5.52 Å². The van der Waals surface area contributed by atoms with E-state index in [9.17, 15) is 4.79 Å². The standard InChI is InChI=1S/C12H17ClN6O/c1-14-7-4-3-5-19(6-7)10-8-9(16-11(13)17-10)18(2)12(20)15-8/h7,14H,3-6H2,1-2H3,(H,15,20). The Bertz CT molecular complexity index is 693. The maximum absolute atomic E-state index is 11.8. The van der Waals surface area contributed by atoms with Crippen molar-refractivity contribution in [3.8, 4) is 0 Å². The summed E-state index contributed by atoms with van der Waals surface area (Å²) in [5, 5.41) is 3.45. The lowest BCUT2D eigenvalue weighted by Gasteiger charge is -2.33. The van der Waals surface area contributed by atoms with Gasteiger partial charge in [0.15, 0.2) is 11.5 Å². The van der Waals surface area contributed by atoms with E-state index in [4.69, 9.17) is 11.6 Å². The van der Waals surface area contributed by atoms with Gasteiger partial charge in [-0.25, -0.2) is 4.79 Å². The van der Waals surface area contributed by atoms with Gasteiger partial charge < -0.3 is 15.2 Å². The van der Waals surface area contributed by atoms with Crippen LogP contribution in [-0.4, -0.2) is 45.7 Å². The minimum atomic E-state index is -0.208. The third-order valence-corrected chi connectivity index (χ3v) is 4.00. The van der Waals surface area contributed by atoms with Gasteiger partial charge in [-0.15, -0.1) is 0 Å². The quantitative estimate of drug-likeness (QED) is 0.789. The summed E-state index contributed by atoms with van der Waals surface area (Å²) in [6.45, 7) is 1.74. The fourth-order valence-electron chi connectivity index (χ4n) is 2.69. The molecule has 7 nitrogen and oxygen atoms in total. The zero-order valence-electron chi connectivity index (χ0n) is 11.5. The third-order valence-electron chi connectivity index (χ3n) is 3.83. The Hall–Kier alpha value is -1.60. The van der Waals surface area contributed by atoms with Crippen LogP contribution in [0.3, 0.4) is 0 Å². The molecule has 2 N–H and O–H groups in total. The van der Waals surface area contributed by atoms with Crippen molar-refractivity contribution in [2.75, 3.05) is 25.0 Å². The van der Waals surface area contributed by atoms with Gasteiger partial charge in [0.05, 0.1) is 0 Å². The predicted octanol–water partition coefficient (Wildman–Crippen LogP) is 0.498. The minimum Gasteiger partial charge on any atom is -0.353 e. The zero-order valence-corrected chi connectivity index (χ0v) is 12.2. The number of anilines is 1. The number of nitrogens with one attached hydrogen (secondary N) is 2. The number of aryl methyl sites for hydroxylation is 1. The molecule has 2 aromatic rings. The van der Waals surface area contributed by atoms with Crippen LogP contribution < -0.4 is 15.9 Å². The molecule has 0 radical (unpaired) electrons. The SMILES string of the molecule is CNC1CCCN(c2nc(Cl)nc3c2[nH]c(=O)n3C)C1. The van der Waals surface area contributed by atoms with E-state index in [-0.39, 0.29) is 11.0 Å². The summed E-state index contributed by atoms with van der Waals surface area (Å²) in [6, 6.07) is 0.419. The molecule has 108 valence electrons. The number of hydrogen-bond acceptors (Lipinski definition) is 5. The van der Waals surface area contributed by atoms with Crippen LogP contribution in [0.2, 0.25) is 5.28 Å². The number of rotatable bonds is 2. The second kappa shape index (κ2) is 5.06. The molecule has 1 saturated heterocycles. The van der Waals surface area contributed by atoms with E-state index >= 15 is 0 Å². The molecular weight excluding hydrogens is 280 g/mol. The van der Waals surface area contributed by atoms with Gasteiger partial charge in [-0.05, 0) is 31.5 Å². The molecule has 1 aliphatic rings. The number of fused-ring (bicyclic) bond motifs is 1. The van der Waals surface area contributed by atoms with Crippen LogP contribution in [0.25, 0.3) is 11.2 Å². The molecule has 3 heterocycles. The number of likely N-dealkylation sites (N-methyl/N-ethyl adjacent to an activating group) is 1. The fourth-order valence-corrected chi connectivity index (χ4v) is 2.85. The van der Waals surface area contributed by atoms with Crippen molar-refractivity contribution < 1.29 is 0 Å². The highest BCUT2D eigenvalue weighted by Crippen LogP contribution is 2.25. The molecule has 0 spiro atoms. The summed E-state index contributed by atoms with van der Waals surface area (Å²) in [5.74, 6) is 0.706.